The highest BCUT2D eigenvalue weighted by molar-refractivity contribution is 5.88. The summed E-state index contributed by atoms with van der Waals surface area (Å²) < 4.78 is 0. The quantitative estimate of drug-likeness (QED) is 0.814. The number of amides is 4. The number of hydrogen-bond acceptors (Lipinski definition) is 3. The number of piperidine rings is 2. The molecule has 0 radical (unpaired) electrons. The third-order valence-corrected chi connectivity index (χ3v) is 6.03. The van der Waals surface area contributed by atoms with Crippen LogP contribution in [-0.2, 0) is 9.59 Å². The van der Waals surface area contributed by atoms with Gasteiger partial charge in [-0.05, 0) is 58.8 Å². The summed E-state index contributed by atoms with van der Waals surface area (Å²) in [6.45, 7) is 7.51. The van der Waals surface area contributed by atoms with Crippen molar-refractivity contribution >= 4 is 17.8 Å². The van der Waals surface area contributed by atoms with Crippen LogP contribution in [0.4, 0.5) is 4.79 Å². The standard InChI is InChI=1S/C20H34N4O3/c1-15(2)21-20(27)24-12-6-7-17(24)19(26)23-13-8-16(9-14-23)18(25)22-10-4-3-5-11-22/h15-17H,3-14H2,1-2H3,(H,21,27)/t17-/m0/s1. The van der Waals surface area contributed by atoms with E-state index in [9.17, 15) is 14.4 Å². The molecule has 0 bridgehead atoms. The average molecular weight is 379 g/mol. The molecule has 1 atom stereocenters. The fourth-order valence-electron chi connectivity index (χ4n) is 4.53. The van der Waals surface area contributed by atoms with E-state index in [1.165, 1.54) is 6.42 Å². The van der Waals surface area contributed by atoms with Crippen molar-refractivity contribution < 1.29 is 14.4 Å². The van der Waals surface area contributed by atoms with Crippen LogP contribution in [0.2, 0.25) is 0 Å². The van der Waals surface area contributed by atoms with Crippen LogP contribution in [0, 0.1) is 5.92 Å². The van der Waals surface area contributed by atoms with E-state index in [4.69, 9.17) is 0 Å². The summed E-state index contributed by atoms with van der Waals surface area (Å²) in [5.41, 5.74) is 0. The van der Waals surface area contributed by atoms with Gasteiger partial charge < -0.3 is 20.0 Å². The lowest BCUT2D eigenvalue weighted by atomic mass is 9.94. The second kappa shape index (κ2) is 8.93. The van der Waals surface area contributed by atoms with Crippen molar-refractivity contribution in [1.82, 2.24) is 20.0 Å². The average Bonchev–Trinajstić information content (AvgIpc) is 3.17. The van der Waals surface area contributed by atoms with Crippen LogP contribution in [0.3, 0.4) is 0 Å². The zero-order valence-electron chi connectivity index (χ0n) is 16.8. The van der Waals surface area contributed by atoms with Crippen molar-refractivity contribution in [2.75, 3.05) is 32.7 Å². The first kappa shape index (κ1) is 20.0. The number of carbonyl (C=O) groups is 3. The van der Waals surface area contributed by atoms with Crippen molar-refractivity contribution in [2.45, 2.75) is 70.9 Å². The van der Waals surface area contributed by atoms with Gasteiger partial charge >= 0.3 is 6.03 Å². The number of rotatable bonds is 3. The Balaban J connectivity index is 1.51. The smallest absolute Gasteiger partial charge is 0.318 e. The summed E-state index contributed by atoms with van der Waals surface area (Å²) in [4.78, 5) is 43.6. The Morgan fingerprint density at radius 1 is 0.778 bits per heavy atom. The van der Waals surface area contributed by atoms with Crippen molar-refractivity contribution in [3.05, 3.63) is 0 Å². The SMILES string of the molecule is CC(C)NC(=O)N1CCC[C@H]1C(=O)N1CCC(C(=O)N2CCCCC2)CC1. The minimum Gasteiger partial charge on any atom is -0.342 e. The van der Waals surface area contributed by atoms with Crippen LogP contribution in [0.5, 0.6) is 0 Å². The molecule has 0 spiro atoms. The molecule has 0 aromatic rings. The Morgan fingerprint density at radius 3 is 2.04 bits per heavy atom. The van der Waals surface area contributed by atoms with Crippen LogP contribution in [-0.4, -0.2) is 77.4 Å². The summed E-state index contributed by atoms with van der Waals surface area (Å²) in [5, 5.41) is 2.90. The number of urea groups is 1. The first-order chi connectivity index (χ1) is 13.0. The van der Waals surface area contributed by atoms with Crippen molar-refractivity contribution in [2.24, 2.45) is 5.92 Å². The van der Waals surface area contributed by atoms with Gasteiger partial charge in [0.05, 0.1) is 0 Å². The van der Waals surface area contributed by atoms with Gasteiger partial charge in [0.15, 0.2) is 0 Å². The maximum absolute atomic E-state index is 13.0. The van der Waals surface area contributed by atoms with Gasteiger partial charge in [-0.15, -0.1) is 0 Å². The third-order valence-electron chi connectivity index (χ3n) is 6.03. The molecule has 1 N–H and O–H groups in total. The monoisotopic (exact) mass is 378 g/mol. The Morgan fingerprint density at radius 2 is 1.41 bits per heavy atom. The van der Waals surface area contributed by atoms with Crippen LogP contribution in [0.1, 0.15) is 58.8 Å². The molecular weight excluding hydrogens is 344 g/mol. The molecule has 0 saturated carbocycles. The van der Waals surface area contributed by atoms with E-state index in [1.54, 1.807) is 4.90 Å². The first-order valence-corrected chi connectivity index (χ1v) is 10.6. The molecule has 0 aliphatic carbocycles. The summed E-state index contributed by atoms with van der Waals surface area (Å²) in [7, 11) is 0. The molecule has 3 fully saturated rings. The summed E-state index contributed by atoms with van der Waals surface area (Å²) in [6.07, 6.45) is 6.53. The van der Waals surface area contributed by atoms with Gasteiger partial charge in [-0.3, -0.25) is 9.59 Å². The molecule has 7 heteroatoms. The third kappa shape index (κ3) is 4.74. The molecule has 0 aromatic carbocycles. The molecule has 3 aliphatic rings. The minimum absolute atomic E-state index is 0.0512. The molecule has 0 unspecified atom stereocenters. The Kier molecular flexibility index (Phi) is 6.60. The lowest BCUT2D eigenvalue weighted by Crippen LogP contribution is -2.53. The second-order valence-electron chi connectivity index (χ2n) is 8.44. The highest BCUT2D eigenvalue weighted by Gasteiger charge is 2.38. The Bertz CT molecular complexity index is 551. The van der Waals surface area contributed by atoms with Crippen molar-refractivity contribution in [3.8, 4) is 0 Å². The fourth-order valence-corrected chi connectivity index (χ4v) is 4.53. The molecule has 3 heterocycles. The van der Waals surface area contributed by atoms with Gasteiger partial charge in [0.25, 0.3) is 0 Å². The number of nitrogens with zero attached hydrogens (tertiary/aromatic N) is 3. The molecule has 3 saturated heterocycles. The summed E-state index contributed by atoms with van der Waals surface area (Å²) in [5.74, 6) is 0.381. The lowest BCUT2D eigenvalue weighted by Gasteiger charge is -2.37. The first-order valence-electron chi connectivity index (χ1n) is 10.6. The minimum atomic E-state index is -0.349. The van der Waals surface area contributed by atoms with Gasteiger partial charge in [0.1, 0.15) is 6.04 Å². The van der Waals surface area contributed by atoms with E-state index >= 15 is 0 Å². The zero-order valence-corrected chi connectivity index (χ0v) is 16.8. The van der Waals surface area contributed by atoms with Crippen LogP contribution in [0.25, 0.3) is 0 Å². The van der Waals surface area contributed by atoms with E-state index in [1.807, 2.05) is 23.6 Å². The predicted molar refractivity (Wildman–Crippen MR) is 103 cm³/mol. The van der Waals surface area contributed by atoms with Crippen LogP contribution in [0.15, 0.2) is 0 Å². The molecule has 4 amide bonds. The number of likely N-dealkylation sites (tertiary alicyclic amines) is 3. The molecular formula is C20H34N4O3. The number of carbonyl (C=O) groups excluding carboxylic acids is 3. The van der Waals surface area contributed by atoms with E-state index in [2.05, 4.69) is 5.32 Å². The number of nitrogens with one attached hydrogen (secondary N) is 1. The van der Waals surface area contributed by atoms with Gasteiger partial charge in [-0.2, -0.15) is 0 Å². The molecule has 152 valence electrons. The highest BCUT2D eigenvalue weighted by atomic mass is 16.2. The summed E-state index contributed by atoms with van der Waals surface area (Å²) in [6, 6.07) is -0.431. The van der Waals surface area contributed by atoms with Gasteiger partial charge in [0.2, 0.25) is 11.8 Å². The van der Waals surface area contributed by atoms with E-state index in [0.29, 0.717) is 19.6 Å². The van der Waals surface area contributed by atoms with Crippen LogP contribution < -0.4 is 5.32 Å². The van der Waals surface area contributed by atoms with E-state index in [-0.39, 0.29) is 35.8 Å². The zero-order chi connectivity index (χ0) is 19.4. The summed E-state index contributed by atoms with van der Waals surface area (Å²) >= 11 is 0. The van der Waals surface area contributed by atoms with Gasteiger partial charge in [-0.1, -0.05) is 0 Å². The van der Waals surface area contributed by atoms with E-state index in [0.717, 1.165) is 51.6 Å². The van der Waals surface area contributed by atoms with Crippen LogP contribution >= 0.6 is 0 Å². The topological polar surface area (TPSA) is 73.0 Å². The Labute approximate surface area is 162 Å². The lowest BCUT2D eigenvalue weighted by molar-refractivity contribution is -0.142. The second-order valence-corrected chi connectivity index (χ2v) is 8.44. The van der Waals surface area contributed by atoms with Crippen molar-refractivity contribution in [1.29, 1.82) is 0 Å². The fraction of sp³-hybridized carbons (Fsp3) is 0.850. The van der Waals surface area contributed by atoms with Gasteiger partial charge in [0, 0.05) is 44.7 Å². The molecule has 7 nitrogen and oxygen atoms in total. The van der Waals surface area contributed by atoms with Gasteiger partial charge in [-0.25, -0.2) is 4.79 Å². The molecule has 27 heavy (non-hydrogen) atoms. The largest absolute Gasteiger partial charge is 0.342 e. The highest BCUT2D eigenvalue weighted by Crippen LogP contribution is 2.25. The normalized spacial score (nSPS) is 24.4. The maximum Gasteiger partial charge on any atom is 0.318 e. The van der Waals surface area contributed by atoms with E-state index < -0.39 is 0 Å². The maximum atomic E-state index is 13.0. The number of hydrogen-bond donors (Lipinski definition) is 1. The predicted octanol–water partition coefficient (Wildman–Crippen LogP) is 1.82. The molecule has 3 rings (SSSR count). The molecule has 3 aliphatic heterocycles. The Hall–Kier alpha value is -1.79. The molecule has 0 aromatic heterocycles. The van der Waals surface area contributed by atoms with Crippen molar-refractivity contribution in [3.63, 3.8) is 0 Å².